The highest BCUT2D eigenvalue weighted by atomic mass is 15.1. The number of unbranched alkanes of at least 4 members (excludes halogenated alkanes) is 1. The number of hydrogen-bond donors (Lipinski definition) is 0. The zero-order chi connectivity index (χ0) is 8.53. The summed E-state index contributed by atoms with van der Waals surface area (Å²) in [6.45, 7) is 13.6. The lowest BCUT2D eigenvalue weighted by atomic mass is 10.3. The topological polar surface area (TPSA) is 3.24 Å². The molecule has 0 unspecified atom stereocenters. The van der Waals surface area contributed by atoms with Gasteiger partial charge in [0.1, 0.15) is 0 Å². The molecule has 0 N–H and O–H groups in total. The summed E-state index contributed by atoms with van der Waals surface area (Å²) in [6.07, 6.45) is 6.16. The maximum absolute atomic E-state index is 3.69. The van der Waals surface area contributed by atoms with Gasteiger partial charge >= 0.3 is 0 Å². The van der Waals surface area contributed by atoms with Crippen LogP contribution in [0.15, 0.2) is 25.3 Å². The van der Waals surface area contributed by atoms with Gasteiger partial charge in [0.25, 0.3) is 0 Å². The molecule has 1 heteroatoms. The van der Waals surface area contributed by atoms with Gasteiger partial charge in [-0.2, -0.15) is 0 Å². The van der Waals surface area contributed by atoms with Gasteiger partial charge in [0, 0.05) is 19.6 Å². The zero-order valence-corrected chi connectivity index (χ0v) is 7.42. The summed E-state index contributed by atoms with van der Waals surface area (Å²) in [5.41, 5.74) is 0. The van der Waals surface area contributed by atoms with E-state index in [0.29, 0.717) is 0 Å². The van der Waals surface area contributed by atoms with Gasteiger partial charge in [-0.1, -0.05) is 25.5 Å². The molecule has 63 valence electrons. The fraction of sp³-hybridized carbons (Fsp3) is 0.500. The van der Waals surface area contributed by atoms with Crippen LogP contribution in [0.2, 0.25) is 0 Å². The van der Waals surface area contributed by atoms with E-state index in [2.05, 4.69) is 31.5 Å². The second-order valence-electron chi connectivity index (χ2n) is 2.50. The minimum Gasteiger partial charge on any atom is -0.292 e. The minimum atomic E-state index is 0.923. The molecule has 0 aliphatic carbocycles. The summed E-state index contributed by atoms with van der Waals surface area (Å²) in [6, 6.07) is 0. The third kappa shape index (κ3) is 5.86. The second-order valence-corrected chi connectivity index (χ2v) is 2.50. The van der Waals surface area contributed by atoms with Crippen LogP contribution in [0.25, 0.3) is 0 Å². The molecule has 0 amide bonds. The van der Waals surface area contributed by atoms with Crippen molar-refractivity contribution in [1.82, 2.24) is 4.90 Å². The Kier molecular flexibility index (Phi) is 7.16. The molecule has 0 atom stereocenters. The van der Waals surface area contributed by atoms with Gasteiger partial charge in [0.2, 0.25) is 0 Å². The third-order valence-corrected chi connectivity index (χ3v) is 1.40. The molecule has 1 radical (unpaired) electrons. The lowest BCUT2D eigenvalue weighted by Gasteiger charge is -2.16. The van der Waals surface area contributed by atoms with E-state index in [1.165, 1.54) is 6.42 Å². The number of hydrogen-bond acceptors (Lipinski definition) is 1. The monoisotopic (exact) mass is 152 g/mol. The molecule has 11 heavy (non-hydrogen) atoms. The molecule has 0 saturated heterocycles. The van der Waals surface area contributed by atoms with Crippen molar-refractivity contribution >= 4 is 0 Å². The summed E-state index contributed by atoms with van der Waals surface area (Å²) in [7, 11) is 0. The molecule has 0 rings (SSSR count). The van der Waals surface area contributed by atoms with Crippen molar-refractivity contribution in [3.8, 4) is 0 Å². The van der Waals surface area contributed by atoms with Crippen LogP contribution in [0.4, 0.5) is 0 Å². The second kappa shape index (κ2) is 7.55. The smallest absolute Gasteiger partial charge is 0.0258 e. The molecule has 0 aromatic heterocycles. The lowest BCUT2D eigenvalue weighted by Crippen LogP contribution is -2.20. The van der Waals surface area contributed by atoms with E-state index >= 15 is 0 Å². The van der Waals surface area contributed by atoms with Gasteiger partial charge in [-0.25, -0.2) is 0 Å². The van der Waals surface area contributed by atoms with Gasteiger partial charge in [-0.05, 0) is 6.42 Å². The van der Waals surface area contributed by atoms with Crippen LogP contribution in [0.3, 0.4) is 0 Å². The molecule has 1 nitrogen and oxygen atoms in total. The first-order chi connectivity index (χ1) is 5.35. The average Bonchev–Trinajstić information content (AvgIpc) is 2.01. The lowest BCUT2D eigenvalue weighted by molar-refractivity contribution is 0.393. The Hall–Kier alpha value is -0.560. The summed E-state index contributed by atoms with van der Waals surface area (Å²) in [4.78, 5) is 2.21. The van der Waals surface area contributed by atoms with E-state index in [4.69, 9.17) is 0 Å². The highest BCUT2D eigenvalue weighted by Crippen LogP contribution is 2.00. The molecule has 0 aromatic carbocycles. The van der Waals surface area contributed by atoms with E-state index < -0.39 is 0 Å². The highest BCUT2D eigenvalue weighted by molar-refractivity contribution is 4.83. The van der Waals surface area contributed by atoms with E-state index in [1.54, 1.807) is 0 Å². The van der Waals surface area contributed by atoms with Crippen LogP contribution < -0.4 is 0 Å². The van der Waals surface area contributed by atoms with Crippen molar-refractivity contribution in [2.75, 3.05) is 13.1 Å². The summed E-state index contributed by atoms with van der Waals surface area (Å²) in [5.74, 6) is 0. The standard InChI is InChI=1S/C10H18N/c1-4-7-10-11(8-5-2)9-6-3/h5-6,10H,2-4,7-9H2,1H3. The van der Waals surface area contributed by atoms with Crippen molar-refractivity contribution in [3.05, 3.63) is 31.9 Å². The predicted octanol–water partition coefficient (Wildman–Crippen LogP) is 2.62. The van der Waals surface area contributed by atoms with E-state index in [9.17, 15) is 0 Å². The number of rotatable bonds is 7. The molecule has 0 saturated carbocycles. The van der Waals surface area contributed by atoms with Crippen LogP contribution >= 0.6 is 0 Å². The average molecular weight is 152 g/mol. The SMILES string of the molecule is C=CCN([CH]CCC)CC=C. The third-order valence-electron chi connectivity index (χ3n) is 1.40. The largest absolute Gasteiger partial charge is 0.292 e. The molecule has 0 fully saturated rings. The van der Waals surface area contributed by atoms with Crippen molar-refractivity contribution < 1.29 is 0 Å². The van der Waals surface area contributed by atoms with Gasteiger partial charge < -0.3 is 0 Å². The fourth-order valence-electron chi connectivity index (χ4n) is 0.867. The summed E-state index contributed by atoms with van der Waals surface area (Å²) in [5, 5.41) is 0. The van der Waals surface area contributed by atoms with Crippen LogP contribution in [-0.4, -0.2) is 18.0 Å². The van der Waals surface area contributed by atoms with Gasteiger partial charge in [0.05, 0.1) is 0 Å². The molecular formula is C10H18N. The Labute approximate surface area is 70.4 Å². The zero-order valence-electron chi connectivity index (χ0n) is 7.42. The van der Waals surface area contributed by atoms with Gasteiger partial charge in [0.15, 0.2) is 0 Å². The first kappa shape index (κ1) is 10.4. The fourth-order valence-corrected chi connectivity index (χ4v) is 0.867. The quantitative estimate of drug-likeness (QED) is 0.507. The van der Waals surface area contributed by atoms with E-state index in [1.807, 2.05) is 12.2 Å². The summed E-state index contributed by atoms with van der Waals surface area (Å²) < 4.78 is 0. The molecule has 0 aliphatic rings. The van der Waals surface area contributed by atoms with E-state index in [-0.39, 0.29) is 0 Å². The van der Waals surface area contributed by atoms with Crippen molar-refractivity contribution in [3.63, 3.8) is 0 Å². The Morgan fingerprint density at radius 1 is 1.18 bits per heavy atom. The van der Waals surface area contributed by atoms with Crippen molar-refractivity contribution in [2.24, 2.45) is 0 Å². The molecule has 0 bridgehead atoms. The van der Waals surface area contributed by atoms with Crippen LogP contribution in [0.1, 0.15) is 19.8 Å². The maximum atomic E-state index is 3.69. The molecule has 0 heterocycles. The summed E-state index contributed by atoms with van der Waals surface area (Å²) >= 11 is 0. The number of nitrogens with zero attached hydrogens (tertiary/aromatic N) is 1. The highest BCUT2D eigenvalue weighted by Gasteiger charge is 1.97. The first-order valence-electron chi connectivity index (χ1n) is 4.14. The Balaban J connectivity index is 3.49. The van der Waals surface area contributed by atoms with Gasteiger partial charge in [-0.15, -0.1) is 13.2 Å². The Morgan fingerprint density at radius 3 is 2.09 bits per heavy atom. The predicted molar refractivity (Wildman–Crippen MR) is 51.2 cm³/mol. The van der Waals surface area contributed by atoms with Crippen LogP contribution in [-0.2, 0) is 0 Å². The maximum Gasteiger partial charge on any atom is 0.0258 e. The molecule has 0 spiro atoms. The van der Waals surface area contributed by atoms with Gasteiger partial charge in [-0.3, -0.25) is 4.90 Å². The van der Waals surface area contributed by atoms with E-state index in [0.717, 1.165) is 19.5 Å². The van der Waals surface area contributed by atoms with Crippen molar-refractivity contribution in [2.45, 2.75) is 19.8 Å². The molecular weight excluding hydrogens is 134 g/mol. The van der Waals surface area contributed by atoms with Crippen LogP contribution in [0.5, 0.6) is 0 Å². The Morgan fingerprint density at radius 2 is 1.73 bits per heavy atom. The Bertz CT molecular complexity index is 97.4. The van der Waals surface area contributed by atoms with Crippen LogP contribution in [0, 0.1) is 6.54 Å². The normalized spacial score (nSPS) is 10.0. The first-order valence-corrected chi connectivity index (χ1v) is 4.14. The van der Waals surface area contributed by atoms with Crippen molar-refractivity contribution in [1.29, 1.82) is 0 Å². The molecule has 0 aromatic rings. The molecule has 0 aliphatic heterocycles. The minimum absolute atomic E-state index is 0.923.